The molecule has 1 fully saturated rings. The van der Waals surface area contributed by atoms with Crippen molar-refractivity contribution >= 4 is 33.4 Å². The van der Waals surface area contributed by atoms with Crippen molar-refractivity contribution in [3.05, 3.63) is 98.7 Å². The molecule has 9 nitrogen and oxygen atoms in total. The Morgan fingerprint density at radius 2 is 1.79 bits per heavy atom. The number of rotatable bonds is 15. The van der Waals surface area contributed by atoms with Crippen LogP contribution >= 0.6 is 11.3 Å². The van der Waals surface area contributed by atoms with Crippen LogP contribution in [0.2, 0.25) is 0 Å². The molecule has 0 aliphatic heterocycles. The van der Waals surface area contributed by atoms with Gasteiger partial charge in [-0.15, -0.1) is 0 Å². The molecule has 1 heterocycles. The number of H-pyrrole nitrogens is 1. The number of carbonyl (C=O) groups is 2. The molecule has 1 saturated carbocycles. The Hall–Kier alpha value is -4.13. The molecule has 12 heteroatoms. The summed E-state index contributed by atoms with van der Waals surface area (Å²) in [7, 11) is 0. The number of nitrogens with zero attached hydrogens (tertiary/aromatic N) is 1. The van der Waals surface area contributed by atoms with E-state index in [9.17, 15) is 28.3 Å². The second-order valence-corrected chi connectivity index (χ2v) is 13.3. The van der Waals surface area contributed by atoms with Crippen LogP contribution in [0.1, 0.15) is 55.7 Å². The van der Waals surface area contributed by atoms with Gasteiger partial charge in [-0.1, -0.05) is 79.1 Å². The molecular formula is C36H42F2N4O5S. The Kier molecular flexibility index (Phi) is 12.3. The monoisotopic (exact) mass is 680 g/mol. The zero-order chi connectivity index (χ0) is 34.0. The Balaban J connectivity index is 1.33. The number of ketones is 1. The Morgan fingerprint density at radius 1 is 1.02 bits per heavy atom. The highest BCUT2D eigenvalue weighted by atomic mass is 32.1. The van der Waals surface area contributed by atoms with Gasteiger partial charge in [0.05, 0.1) is 16.8 Å². The van der Waals surface area contributed by atoms with E-state index in [4.69, 9.17) is 4.74 Å². The predicted molar refractivity (Wildman–Crippen MR) is 182 cm³/mol. The van der Waals surface area contributed by atoms with Gasteiger partial charge in [-0.3, -0.25) is 9.59 Å². The number of aromatic nitrogens is 1. The molecule has 1 amide bonds. The maximum atomic E-state index is 14.2. The van der Waals surface area contributed by atoms with Gasteiger partial charge in [0, 0.05) is 19.1 Å². The minimum atomic E-state index is -0.911. The number of phenolic OH excluding ortho intramolecular Hbond substituents is 1. The Labute approximate surface area is 282 Å². The van der Waals surface area contributed by atoms with Gasteiger partial charge in [-0.05, 0) is 68.0 Å². The summed E-state index contributed by atoms with van der Waals surface area (Å²) in [5.41, 5.74) is 2.17. The first-order chi connectivity index (χ1) is 23.2. The van der Waals surface area contributed by atoms with Gasteiger partial charge < -0.3 is 30.4 Å². The number of ether oxygens (including phenoxy) is 1. The lowest BCUT2D eigenvalue weighted by Crippen LogP contribution is -2.56. The molecule has 4 aromatic rings. The van der Waals surface area contributed by atoms with Gasteiger partial charge in [0.25, 0.3) is 0 Å². The van der Waals surface area contributed by atoms with Gasteiger partial charge in [0.15, 0.2) is 17.4 Å². The van der Waals surface area contributed by atoms with Gasteiger partial charge in [-0.2, -0.15) is 0 Å². The Bertz CT molecular complexity index is 1740. The van der Waals surface area contributed by atoms with E-state index in [1.165, 1.54) is 23.1 Å². The largest absolute Gasteiger partial charge is 0.506 e. The van der Waals surface area contributed by atoms with Gasteiger partial charge >= 0.3 is 11.0 Å². The van der Waals surface area contributed by atoms with E-state index in [0.717, 1.165) is 60.6 Å². The van der Waals surface area contributed by atoms with Crippen LogP contribution in [0.15, 0.2) is 65.5 Å². The van der Waals surface area contributed by atoms with Crippen LogP contribution in [0.25, 0.3) is 10.2 Å². The molecule has 5 rings (SSSR count). The third-order valence-corrected chi connectivity index (χ3v) is 9.80. The summed E-state index contributed by atoms with van der Waals surface area (Å²) in [4.78, 5) is 43.6. The third-order valence-electron chi connectivity index (χ3n) is 8.85. The number of Topliss-reactive ketones (excluding diaryl/α,β-unsaturated/α-hetero) is 1. The number of nitrogens with one attached hydrogen (secondary N) is 3. The fourth-order valence-electron chi connectivity index (χ4n) is 6.16. The number of amides is 1. The van der Waals surface area contributed by atoms with Gasteiger partial charge in [-0.25, -0.2) is 13.6 Å². The minimum absolute atomic E-state index is 0.0322. The van der Waals surface area contributed by atoms with Crippen molar-refractivity contribution in [2.24, 2.45) is 0 Å². The second-order valence-electron chi connectivity index (χ2n) is 12.3. The van der Waals surface area contributed by atoms with Crippen molar-refractivity contribution < 1.29 is 28.2 Å². The number of aromatic hydroxyl groups is 1. The smallest absolute Gasteiger partial charge is 0.410 e. The number of fused-ring (bicyclic) bond motifs is 1. The van der Waals surface area contributed by atoms with E-state index >= 15 is 0 Å². The number of thiazole rings is 1. The molecule has 0 saturated heterocycles. The molecule has 1 aromatic heterocycles. The van der Waals surface area contributed by atoms with Crippen LogP contribution in [-0.4, -0.2) is 64.6 Å². The number of benzene rings is 3. The fourth-order valence-corrected chi connectivity index (χ4v) is 7.06. The first-order valence-corrected chi connectivity index (χ1v) is 17.3. The molecule has 1 unspecified atom stereocenters. The number of hydrogen-bond acceptors (Lipinski definition) is 8. The van der Waals surface area contributed by atoms with Crippen LogP contribution < -0.4 is 15.5 Å². The van der Waals surface area contributed by atoms with Crippen LogP contribution in [0, 0.1) is 11.6 Å². The normalized spacial score (nSPS) is 14.9. The van der Waals surface area contributed by atoms with Crippen LogP contribution in [0.3, 0.4) is 0 Å². The lowest BCUT2D eigenvalue weighted by Gasteiger charge is -2.33. The van der Waals surface area contributed by atoms with Crippen molar-refractivity contribution in [3.63, 3.8) is 0 Å². The lowest BCUT2D eigenvalue weighted by molar-refractivity contribution is -0.123. The molecule has 1 aliphatic carbocycles. The summed E-state index contributed by atoms with van der Waals surface area (Å²) in [5.74, 6) is -1.99. The molecule has 2 atom stereocenters. The quantitative estimate of drug-likeness (QED) is 0.125. The number of aromatic amines is 1. The summed E-state index contributed by atoms with van der Waals surface area (Å²) >= 11 is 0.989. The molecule has 0 radical (unpaired) electrons. The average Bonchev–Trinajstić information content (AvgIpc) is 3.50. The van der Waals surface area contributed by atoms with Crippen molar-refractivity contribution in [1.29, 1.82) is 0 Å². The average molecular weight is 681 g/mol. The number of carbonyl (C=O) groups excluding carboxylic acids is 2. The van der Waals surface area contributed by atoms with Crippen molar-refractivity contribution in [1.82, 2.24) is 20.5 Å². The summed E-state index contributed by atoms with van der Waals surface area (Å²) in [5, 5.41) is 17.0. The zero-order valence-electron chi connectivity index (χ0n) is 27.0. The third kappa shape index (κ3) is 9.27. The molecule has 0 bridgehead atoms. The molecular weight excluding hydrogens is 638 g/mol. The summed E-state index contributed by atoms with van der Waals surface area (Å²) in [6, 6.07) is 15.3. The van der Waals surface area contributed by atoms with E-state index in [-0.39, 0.29) is 60.7 Å². The molecule has 48 heavy (non-hydrogen) atoms. The van der Waals surface area contributed by atoms with Crippen LogP contribution in [-0.2, 0) is 29.0 Å². The fraction of sp³-hybridized carbons (Fsp3) is 0.417. The highest BCUT2D eigenvalue weighted by Crippen LogP contribution is 2.28. The first-order valence-electron chi connectivity index (χ1n) is 16.4. The summed E-state index contributed by atoms with van der Waals surface area (Å²) < 4.78 is 34.2. The number of halogens is 2. The van der Waals surface area contributed by atoms with Crippen LogP contribution in [0.5, 0.6) is 5.75 Å². The van der Waals surface area contributed by atoms with Crippen molar-refractivity contribution in [2.75, 3.05) is 19.6 Å². The maximum absolute atomic E-state index is 14.2. The number of phenols is 1. The van der Waals surface area contributed by atoms with Gasteiger partial charge in [0.1, 0.15) is 17.9 Å². The second kappa shape index (κ2) is 16.8. The molecule has 1 aliphatic rings. The van der Waals surface area contributed by atoms with Crippen molar-refractivity contribution in [2.45, 2.75) is 76.6 Å². The summed E-state index contributed by atoms with van der Waals surface area (Å²) in [6.45, 7) is 2.28. The van der Waals surface area contributed by atoms with E-state index in [1.54, 1.807) is 13.0 Å². The predicted octanol–water partition coefficient (Wildman–Crippen LogP) is 5.84. The van der Waals surface area contributed by atoms with Crippen LogP contribution in [0.4, 0.5) is 13.6 Å². The topological polar surface area (TPSA) is 124 Å². The standard InChI is InChI=1S/C36H42F2N4O5S/c1-23(39-19-17-25-11-8-14-28(37)31(25)38)33(44)29(40-27-12-6-3-7-13-27)21-42(36(46)47-22-24-9-4-2-5-10-24)20-18-26-15-16-30(43)32-34(26)48-35(45)41-32/h2,4-5,8-11,14-16,23,27,29,39-40,43H,3,6-7,12-13,17-22H2,1H3,(H,41,45)/t23-,29?/m0/s1. The van der Waals surface area contributed by atoms with E-state index in [2.05, 4.69) is 15.6 Å². The molecule has 4 N–H and O–H groups in total. The zero-order valence-corrected chi connectivity index (χ0v) is 27.8. The van der Waals surface area contributed by atoms with Crippen molar-refractivity contribution in [3.8, 4) is 5.75 Å². The highest BCUT2D eigenvalue weighted by molar-refractivity contribution is 7.16. The minimum Gasteiger partial charge on any atom is -0.506 e. The first kappa shape index (κ1) is 35.2. The molecule has 0 spiro atoms. The Morgan fingerprint density at radius 3 is 2.56 bits per heavy atom. The van der Waals surface area contributed by atoms with Gasteiger partial charge in [0.2, 0.25) is 0 Å². The SMILES string of the molecule is C[C@H](NCCc1cccc(F)c1F)C(=O)C(CN(CCc1ccc(O)c2[nH]c(=O)sc12)C(=O)OCc1ccccc1)NC1CCCCC1. The number of hydrogen-bond donors (Lipinski definition) is 4. The summed E-state index contributed by atoms with van der Waals surface area (Å²) in [6.07, 6.45) is 5.03. The molecule has 3 aromatic carbocycles. The lowest BCUT2D eigenvalue weighted by atomic mass is 9.93. The van der Waals surface area contributed by atoms with E-state index in [1.807, 2.05) is 30.3 Å². The van der Waals surface area contributed by atoms with E-state index in [0.29, 0.717) is 16.6 Å². The van der Waals surface area contributed by atoms with E-state index < -0.39 is 29.8 Å². The molecule has 256 valence electrons. The highest BCUT2D eigenvalue weighted by Gasteiger charge is 2.31. The maximum Gasteiger partial charge on any atom is 0.410 e.